The Morgan fingerprint density at radius 3 is 1.62 bits per heavy atom. The normalized spacial score (nSPS) is 12.5. The minimum atomic E-state index is -2.28. The van der Waals surface area contributed by atoms with Gasteiger partial charge >= 0.3 is 154 Å². The van der Waals surface area contributed by atoms with E-state index in [4.69, 9.17) is 0 Å². The zero-order valence-corrected chi connectivity index (χ0v) is 18.0. The minimum absolute atomic E-state index is 0.422. The van der Waals surface area contributed by atoms with Crippen LogP contribution in [0.4, 0.5) is 0 Å². The second kappa shape index (κ2) is 8.05. The molecule has 0 amide bonds. The number of nitrogens with zero attached hydrogens (tertiary/aromatic N) is 1. The van der Waals surface area contributed by atoms with Crippen LogP contribution in [0.5, 0.6) is 0 Å². The van der Waals surface area contributed by atoms with E-state index in [1.807, 2.05) is 0 Å². The van der Waals surface area contributed by atoms with Crippen LogP contribution in [0.2, 0.25) is 0 Å². The van der Waals surface area contributed by atoms with Gasteiger partial charge in [0.15, 0.2) is 0 Å². The summed E-state index contributed by atoms with van der Waals surface area (Å²) in [6.45, 7) is 2.30. The van der Waals surface area contributed by atoms with Gasteiger partial charge in [-0.15, -0.1) is 0 Å². The first kappa shape index (κ1) is 17.3. The van der Waals surface area contributed by atoms with Crippen LogP contribution >= 0.6 is 0 Å². The van der Waals surface area contributed by atoms with E-state index in [2.05, 4.69) is 111 Å². The summed E-state index contributed by atoms with van der Waals surface area (Å²) < 4.78 is 4.67. The first-order valence-electron chi connectivity index (χ1n) is 8.34. The van der Waals surface area contributed by atoms with Gasteiger partial charge in [0.05, 0.1) is 0 Å². The molecule has 0 bridgehead atoms. The molecule has 0 N–H and O–H groups in total. The molecule has 2 heteroatoms. The van der Waals surface area contributed by atoms with Crippen LogP contribution in [-0.4, -0.2) is 40.7 Å². The summed E-state index contributed by atoms with van der Waals surface area (Å²) in [5.41, 5.74) is 1.48. The Morgan fingerprint density at radius 2 is 1.12 bits per heavy atom. The molecule has 3 rings (SSSR count). The van der Waals surface area contributed by atoms with Crippen molar-refractivity contribution in [3.63, 3.8) is 0 Å². The summed E-state index contributed by atoms with van der Waals surface area (Å²) in [6, 6.07) is 31.7. The predicted molar refractivity (Wildman–Crippen MR) is 106 cm³/mol. The fourth-order valence-electron chi connectivity index (χ4n) is 2.90. The molecule has 0 fully saturated rings. The molecule has 3 aromatic rings. The average Bonchev–Trinajstić information content (AvgIpc) is 2.63. The van der Waals surface area contributed by atoms with Crippen LogP contribution in [0.1, 0.15) is 18.5 Å². The quantitative estimate of drug-likeness (QED) is 0.477. The third-order valence-corrected chi connectivity index (χ3v) is 14.2. The Bertz CT molecular complexity index is 729. The molecule has 122 valence electrons. The first-order chi connectivity index (χ1) is 11.7. The molecule has 3 aromatic carbocycles. The maximum atomic E-state index is 2.37. The molecule has 0 heterocycles. The molecule has 0 aliphatic carbocycles. The van der Waals surface area contributed by atoms with Gasteiger partial charge in [-0.2, -0.15) is 0 Å². The molecule has 0 saturated heterocycles. The standard InChI is InChI=1S/C10H14N.2C6H5.Bi/c1-9(11(2)3)10-7-5-4-6-8-10;2*1-2-4-6-5-3-1;/h4-7,9H,1-3H3;2*1-5H;/t9-;;;/m1.../s1. The zero-order chi connectivity index (χ0) is 16.9. The zero-order valence-electron chi connectivity index (χ0n) is 14.6. The van der Waals surface area contributed by atoms with Gasteiger partial charge in [-0.3, -0.25) is 0 Å². The van der Waals surface area contributed by atoms with Gasteiger partial charge in [-0.1, -0.05) is 0 Å². The van der Waals surface area contributed by atoms with Crippen molar-refractivity contribution >= 4 is 31.6 Å². The SMILES string of the molecule is C[C@H](c1cccc[c]1[Bi]([c]1ccccc1)[c]1ccccc1)N(C)C. The average molecular weight is 511 g/mol. The Kier molecular flexibility index (Phi) is 5.82. The molecule has 0 aliphatic heterocycles. The molecular weight excluding hydrogens is 487 g/mol. The van der Waals surface area contributed by atoms with Gasteiger partial charge in [-0.25, -0.2) is 0 Å². The Morgan fingerprint density at radius 1 is 0.667 bits per heavy atom. The third-order valence-electron chi connectivity index (χ3n) is 4.43. The molecule has 0 aromatic heterocycles. The summed E-state index contributed by atoms with van der Waals surface area (Å²) in [7, 11) is 4.33. The molecule has 0 spiro atoms. The van der Waals surface area contributed by atoms with Crippen LogP contribution in [0.15, 0.2) is 84.9 Å². The second-order valence-corrected chi connectivity index (χ2v) is 14.7. The fourth-order valence-corrected chi connectivity index (χ4v) is 12.8. The molecule has 0 saturated carbocycles. The summed E-state index contributed by atoms with van der Waals surface area (Å²) >= 11 is -2.28. The van der Waals surface area contributed by atoms with Gasteiger partial charge in [-0.05, 0) is 0 Å². The molecule has 1 nitrogen and oxygen atoms in total. The van der Waals surface area contributed by atoms with Crippen LogP contribution in [0.25, 0.3) is 0 Å². The van der Waals surface area contributed by atoms with Gasteiger partial charge in [0, 0.05) is 0 Å². The first-order valence-corrected chi connectivity index (χ1v) is 13.6. The number of rotatable bonds is 5. The van der Waals surface area contributed by atoms with Crippen molar-refractivity contribution in [2.75, 3.05) is 14.1 Å². The van der Waals surface area contributed by atoms with Gasteiger partial charge < -0.3 is 0 Å². The van der Waals surface area contributed by atoms with Gasteiger partial charge in [0.2, 0.25) is 0 Å². The van der Waals surface area contributed by atoms with E-state index < -0.39 is 21.8 Å². The summed E-state index contributed by atoms with van der Waals surface area (Å²) in [4.78, 5) is 2.30. The fraction of sp³-hybridized carbons (Fsp3) is 0.182. The number of benzene rings is 3. The Labute approximate surface area is 153 Å². The van der Waals surface area contributed by atoms with Crippen LogP contribution in [0.3, 0.4) is 0 Å². The van der Waals surface area contributed by atoms with Crippen LogP contribution < -0.4 is 9.81 Å². The molecule has 0 unspecified atom stereocenters. The second-order valence-electron chi connectivity index (χ2n) is 6.20. The molecule has 1 atom stereocenters. The molecule has 24 heavy (non-hydrogen) atoms. The Hall–Kier alpha value is -1.50. The monoisotopic (exact) mass is 511 g/mol. The predicted octanol–water partition coefficient (Wildman–Crippen LogP) is 2.83. The maximum absolute atomic E-state index is 2.37. The van der Waals surface area contributed by atoms with Crippen molar-refractivity contribution < 1.29 is 0 Å². The van der Waals surface area contributed by atoms with Gasteiger partial charge in [0.1, 0.15) is 0 Å². The third kappa shape index (κ3) is 3.77. The van der Waals surface area contributed by atoms with Crippen molar-refractivity contribution in [2.24, 2.45) is 0 Å². The molecule has 0 aliphatic rings. The topological polar surface area (TPSA) is 3.24 Å². The van der Waals surface area contributed by atoms with Crippen molar-refractivity contribution in [3.8, 4) is 0 Å². The van der Waals surface area contributed by atoms with E-state index in [0.29, 0.717) is 6.04 Å². The summed E-state index contributed by atoms with van der Waals surface area (Å²) in [5, 5.41) is 0. The molecule has 0 radical (unpaired) electrons. The number of hydrogen-bond acceptors (Lipinski definition) is 1. The van der Waals surface area contributed by atoms with Crippen molar-refractivity contribution in [2.45, 2.75) is 13.0 Å². The van der Waals surface area contributed by atoms with Crippen molar-refractivity contribution in [1.82, 2.24) is 4.90 Å². The van der Waals surface area contributed by atoms with Crippen molar-refractivity contribution in [3.05, 3.63) is 90.5 Å². The van der Waals surface area contributed by atoms with E-state index in [1.54, 1.807) is 3.27 Å². The number of hydrogen-bond donors (Lipinski definition) is 0. The van der Waals surface area contributed by atoms with E-state index >= 15 is 0 Å². The Balaban J connectivity index is 2.18. The van der Waals surface area contributed by atoms with Crippen LogP contribution in [0, 0.1) is 0 Å². The summed E-state index contributed by atoms with van der Waals surface area (Å²) in [6.07, 6.45) is 0. The van der Waals surface area contributed by atoms with Crippen LogP contribution in [-0.2, 0) is 0 Å². The van der Waals surface area contributed by atoms with Crippen molar-refractivity contribution in [1.29, 1.82) is 0 Å². The van der Waals surface area contributed by atoms with E-state index in [-0.39, 0.29) is 0 Å². The summed E-state index contributed by atoms with van der Waals surface area (Å²) in [5.74, 6) is 0. The van der Waals surface area contributed by atoms with E-state index in [0.717, 1.165) is 0 Å². The molecular formula is C22H24BiN. The van der Waals surface area contributed by atoms with E-state index in [9.17, 15) is 0 Å². The van der Waals surface area contributed by atoms with E-state index in [1.165, 1.54) is 12.1 Å². The van der Waals surface area contributed by atoms with Gasteiger partial charge in [0.25, 0.3) is 0 Å².